The molecule has 3 nitrogen and oxygen atoms in total. The summed E-state index contributed by atoms with van der Waals surface area (Å²) in [6, 6.07) is 1.95. The van der Waals surface area contributed by atoms with Gasteiger partial charge < -0.3 is 0 Å². The first-order valence-electron chi connectivity index (χ1n) is 9.96. The molecule has 1 rings (SSSR count). The van der Waals surface area contributed by atoms with Gasteiger partial charge in [0.25, 0.3) is 0 Å². The SMILES string of the molecule is C=Cc1oc([CH](CCCCC)[Ge]([CH2]C)([CH2]C)[CH2]C)cc1C(=O)OCC. The van der Waals surface area contributed by atoms with E-state index in [1.807, 2.05) is 13.0 Å². The molecule has 0 N–H and O–H groups in total. The number of furan rings is 1. The summed E-state index contributed by atoms with van der Waals surface area (Å²) in [5, 5.41) is 3.88. The Hall–Kier alpha value is -0.967. The molecule has 0 aromatic carbocycles. The van der Waals surface area contributed by atoms with E-state index in [1.165, 1.54) is 41.4 Å². The molecule has 0 fully saturated rings. The van der Waals surface area contributed by atoms with Gasteiger partial charge in [-0.15, -0.1) is 0 Å². The van der Waals surface area contributed by atoms with E-state index in [4.69, 9.17) is 9.15 Å². The number of ether oxygens (including phenoxy) is 1. The van der Waals surface area contributed by atoms with E-state index < -0.39 is 13.3 Å². The molecule has 0 aliphatic carbocycles. The van der Waals surface area contributed by atoms with Gasteiger partial charge in [-0.25, -0.2) is 0 Å². The van der Waals surface area contributed by atoms with Gasteiger partial charge in [-0.1, -0.05) is 0 Å². The third-order valence-electron chi connectivity index (χ3n) is 5.75. The molecule has 1 unspecified atom stereocenters. The molecule has 1 heterocycles. The summed E-state index contributed by atoms with van der Waals surface area (Å²) in [7, 11) is 0. The average molecular weight is 409 g/mol. The standard InChI is InChI=1S/C21H36GeO3/c1-7-13-14-15-18(22(9-3,10-4)11-5)20-16-17(19(8-2)25-20)21(23)24-12-6/h8,16,18H,2,7,9-15H2,1,3-6H3. The van der Waals surface area contributed by atoms with Crippen LogP contribution in [-0.2, 0) is 4.74 Å². The zero-order valence-corrected chi connectivity index (χ0v) is 18.9. The van der Waals surface area contributed by atoms with Gasteiger partial charge in [0.15, 0.2) is 0 Å². The fourth-order valence-electron chi connectivity index (χ4n) is 3.95. The summed E-state index contributed by atoms with van der Waals surface area (Å²) in [6.07, 6.45) is 6.52. The Bertz CT molecular complexity index is 535. The van der Waals surface area contributed by atoms with Crippen molar-refractivity contribution in [3.8, 4) is 0 Å². The molecule has 1 aromatic heterocycles. The molecule has 0 radical (unpaired) electrons. The van der Waals surface area contributed by atoms with Crippen LogP contribution in [0, 0.1) is 0 Å². The summed E-state index contributed by atoms with van der Waals surface area (Å²) in [6.45, 7) is 15.3. The van der Waals surface area contributed by atoms with Gasteiger partial charge in [0, 0.05) is 0 Å². The Balaban J connectivity index is 3.29. The van der Waals surface area contributed by atoms with Crippen LogP contribution in [0.4, 0.5) is 0 Å². The maximum atomic E-state index is 12.3. The zero-order chi connectivity index (χ0) is 18.9. The Kier molecular flexibility index (Phi) is 9.62. The molecule has 0 bridgehead atoms. The Labute approximate surface area is 156 Å². The molecule has 1 aromatic rings. The maximum absolute atomic E-state index is 12.3. The van der Waals surface area contributed by atoms with Crippen molar-refractivity contribution >= 4 is 25.3 Å². The van der Waals surface area contributed by atoms with Gasteiger partial charge in [0.05, 0.1) is 0 Å². The van der Waals surface area contributed by atoms with E-state index in [0.717, 1.165) is 5.76 Å². The minimum atomic E-state index is -2.09. The van der Waals surface area contributed by atoms with Crippen LogP contribution in [0.1, 0.15) is 86.9 Å². The first-order chi connectivity index (χ1) is 12.0. The van der Waals surface area contributed by atoms with Crippen LogP contribution >= 0.6 is 0 Å². The van der Waals surface area contributed by atoms with Crippen molar-refractivity contribution in [1.82, 2.24) is 0 Å². The van der Waals surface area contributed by atoms with Crippen LogP contribution in [-0.4, -0.2) is 25.8 Å². The van der Waals surface area contributed by atoms with Crippen molar-refractivity contribution in [3.63, 3.8) is 0 Å². The number of rotatable bonds is 12. The molecule has 0 saturated carbocycles. The summed E-state index contributed by atoms with van der Waals surface area (Å²) in [5.41, 5.74) is 0.534. The summed E-state index contributed by atoms with van der Waals surface area (Å²) >= 11 is -2.09. The Morgan fingerprint density at radius 2 is 1.84 bits per heavy atom. The Morgan fingerprint density at radius 3 is 2.32 bits per heavy atom. The number of hydrogen-bond acceptors (Lipinski definition) is 3. The third-order valence-corrected chi connectivity index (χ3v) is 18.9. The van der Waals surface area contributed by atoms with Gasteiger partial charge in [-0.3, -0.25) is 0 Å². The van der Waals surface area contributed by atoms with E-state index >= 15 is 0 Å². The van der Waals surface area contributed by atoms with Crippen molar-refractivity contribution in [3.05, 3.63) is 29.7 Å². The molecular weight excluding hydrogens is 373 g/mol. The Morgan fingerprint density at radius 1 is 1.20 bits per heavy atom. The van der Waals surface area contributed by atoms with Gasteiger partial charge >= 0.3 is 156 Å². The molecule has 4 heteroatoms. The summed E-state index contributed by atoms with van der Waals surface area (Å²) < 4.78 is 11.9. The van der Waals surface area contributed by atoms with Crippen molar-refractivity contribution in [2.45, 2.75) is 80.8 Å². The zero-order valence-electron chi connectivity index (χ0n) is 16.8. The second kappa shape index (κ2) is 10.9. The van der Waals surface area contributed by atoms with Crippen LogP contribution < -0.4 is 0 Å². The summed E-state index contributed by atoms with van der Waals surface area (Å²) in [5.74, 6) is 1.26. The second-order valence-electron chi connectivity index (χ2n) is 6.82. The molecule has 0 aliphatic rings. The predicted molar refractivity (Wildman–Crippen MR) is 109 cm³/mol. The number of hydrogen-bond donors (Lipinski definition) is 0. The van der Waals surface area contributed by atoms with Crippen molar-refractivity contribution < 1.29 is 13.9 Å². The summed E-state index contributed by atoms with van der Waals surface area (Å²) in [4.78, 5) is 12.3. The van der Waals surface area contributed by atoms with E-state index in [-0.39, 0.29) is 5.97 Å². The molecule has 0 spiro atoms. The molecule has 0 aliphatic heterocycles. The van der Waals surface area contributed by atoms with E-state index in [2.05, 4.69) is 34.3 Å². The third kappa shape index (κ3) is 5.26. The molecular formula is C21H36GeO3. The van der Waals surface area contributed by atoms with Gasteiger partial charge in [-0.05, 0) is 0 Å². The first-order valence-corrected chi connectivity index (χ1v) is 15.6. The number of esters is 1. The van der Waals surface area contributed by atoms with Gasteiger partial charge in [0.2, 0.25) is 0 Å². The van der Waals surface area contributed by atoms with Crippen LogP contribution in [0.3, 0.4) is 0 Å². The second-order valence-corrected chi connectivity index (χ2v) is 18.5. The first kappa shape index (κ1) is 22.1. The number of carbonyl (C=O) groups is 1. The fourth-order valence-corrected chi connectivity index (χ4v) is 13.5. The minimum absolute atomic E-state index is 0.303. The average Bonchev–Trinajstić information content (AvgIpc) is 3.06. The van der Waals surface area contributed by atoms with Crippen LogP contribution in [0.5, 0.6) is 0 Å². The van der Waals surface area contributed by atoms with Crippen LogP contribution in [0.25, 0.3) is 6.08 Å². The van der Waals surface area contributed by atoms with Crippen molar-refractivity contribution in [2.24, 2.45) is 0 Å². The van der Waals surface area contributed by atoms with Crippen LogP contribution in [0.15, 0.2) is 17.1 Å². The molecule has 142 valence electrons. The van der Waals surface area contributed by atoms with E-state index in [0.29, 0.717) is 22.7 Å². The number of unbranched alkanes of at least 4 members (excludes halogenated alkanes) is 2. The van der Waals surface area contributed by atoms with Crippen molar-refractivity contribution in [2.75, 3.05) is 6.61 Å². The van der Waals surface area contributed by atoms with Crippen LogP contribution in [0.2, 0.25) is 15.8 Å². The molecule has 25 heavy (non-hydrogen) atoms. The van der Waals surface area contributed by atoms with E-state index in [1.54, 1.807) is 6.08 Å². The predicted octanol–water partition coefficient (Wildman–Crippen LogP) is 6.81. The molecule has 0 saturated heterocycles. The molecule has 0 amide bonds. The van der Waals surface area contributed by atoms with Crippen molar-refractivity contribution in [1.29, 1.82) is 0 Å². The number of carbonyl (C=O) groups excluding carboxylic acids is 1. The topological polar surface area (TPSA) is 39.4 Å². The molecule has 1 atom stereocenters. The van der Waals surface area contributed by atoms with Gasteiger partial charge in [-0.2, -0.15) is 0 Å². The van der Waals surface area contributed by atoms with Gasteiger partial charge in [0.1, 0.15) is 0 Å². The van der Waals surface area contributed by atoms with E-state index in [9.17, 15) is 4.79 Å². The fraction of sp³-hybridized carbons (Fsp3) is 0.667. The normalized spacial score (nSPS) is 12.8. The monoisotopic (exact) mass is 410 g/mol. The quantitative estimate of drug-likeness (QED) is 0.216.